The lowest BCUT2D eigenvalue weighted by Crippen LogP contribution is -2.45. The standard InChI is InChI=1S/C18H22N4O6S/c1-11-20-13-6-4-5-12(19-9-2-3-10-29(26,27)28)16(13)18(25)22(11)14-7-8-15(23)21-17(14)24/h4-6,14,19H,2-3,7-10H2,1H3,(H,21,23,24)(H,26,27,28)/t14-/m0/s1. The predicted molar refractivity (Wildman–Crippen MR) is 106 cm³/mol. The van der Waals surface area contributed by atoms with E-state index >= 15 is 0 Å². The van der Waals surface area contributed by atoms with Gasteiger partial charge in [0.1, 0.15) is 11.9 Å². The smallest absolute Gasteiger partial charge is 0.264 e. The van der Waals surface area contributed by atoms with E-state index in [1.807, 2.05) is 0 Å². The van der Waals surface area contributed by atoms with Gasteiger partial charge in [0.25, 0.3) is 15.7 Å². The summed E-state index contributed by atoms with van der Waals surface area (Å²) in [6.07, 6.45) is 1.11. The van der Waals surface area contributed by atoms with E-state index in [-0.39, 0.29) is 36.5 Å². The molecule has 0 bridgehead atoms. The van der Waals surface area contributed by atoms with Gasteiger partial charge in [0.15, 0.2) is 0 Å². The summed E-state index contributed by atoms with van der Waals surface area (Å²) in [6, 6.07) is 4.34. The molecule has 0 radical (unpaired) electrons. The molecular weight excluding hydrogens is 400 g/mol. The third-order valence-corrected chi connectivity index (χ3v) is 5.58. The average Bonchev–Trinajstić information content (AvgIpc) is 2.62. The van der Waals surface area contributed by atoms with Gasteiger partial charge in [-0.3, -0.25) is 28.8 Å². The highest BCUT2D eigenvalue weighted by molar-refractivity contribution is 7.85. The predicted octanol–water partition coefficient (Wildman–Crippen LogP) is 0.763. The van der Waals surface area contributed by atoms with Crippen molar-refractivity contribution >= 4 is 38.5 Å². The maximum absolute atomic E-state index is 13.2. The molecule has 11 heteroatoms. The summed E-state index contributed by atoms with van der Waals surface area (Å²) in [4.78, 5) is 41.3. The molecule has 10 nitrogen and oxygen atoms in total. The maximum Gasteiger partial charge on any atom is 0.264 e. The molecule has 2 aromatic rings. The van der Waals surface area contributed by atoms with Crippen molar-refractivity contribution in [1.82, 2.24) is 14.9 Å². The molecule has 1 saturated heterocycles. The topological polar surface area (TPSA) is 147 Å². The lowest BCUT2D eigenvalue weighted by atomic mass is 10.1. The summed E-state index contributed by atoms with van der Waals surface area (Å²) in [7, 11) is -4.00. The van der Waals surface area contributed by atoms with Crippen molar-refractivity contribution in [3.63, 3.8) is 0 Å². The number of carbonyl (C=O) groups is 2. The van der Waals surface area contributed by atoms with Crippen LogP contribution in [0.4, 0.5) is 5.69 Å². The minimum atomic E-state index is -4.00. The number of anilines is 1. The second kappa shape index (κ2) is 8.29. The van der Waals surface area contributed by atoms with Gasteiger partial charge in [0.05, 0.1) is 16.7 Å². The van der Waals surface area contributed by atoms with Gasteiger partial charge in [-0.15, -0.1) is 0 Å². The molecule has 3 N–H and O–H groups in total. The van der Waals surface area contributed by atoms with Crippen LogP contribution >= 0.6 is 0 Å². The highest BCUT2D eigenvalue weighted by Gasteiger charge is 2.30. The van der Waals surface area contributed by atoms with Crippen molar-refractivity contribution in [3.05, 3.63) is 34.4 Å². The molecule has 2 amide bonds. The van der Waals surface area contributed by atoms with E-state index in [0.717, 1.165) is 0 Å². The van der Waals surface area contributed by atoms with Crippen LogP contribution in [0.15, 0.2) is 23.0 Å². The Bertz CT molecular complexity index is 1130. The Balaban J connectivity index is 1.89. The fourth-order valence-electron chi connectivity index (χ4n) is 3.43. The normalized spacial score (nSPS) is 17.4. The van der Waals surface area contributed by atoms with E-state index in [2.05, 4.69) is 15.6 Å². The molecule has 1 aromatic heterocycles. The quantitative estimate of drug-likeness (QED) is 0.337. The first kappa shape index (κ1) is 20.9. The second-order valence-electron chi connectivity index (χ2n) is 6.92. The van der Waals surface area contributed by atoms with E-state index in [9.17, 15) is 22.8 Å². The van der Waals surface area contributed by atoms with Crippen LogP contribution in [-0.4, -0.2) is 46.6 Å². The van der Waals surface area contributed by atoms with Crippen molar-refractivity contribution in [3.8, 4) is 0 Å². The molecule has 1 aliphatic rings. The number of hydrogen-bond donors (Lipinski definition) is 3. The number of aryl methyl sites for hydroxylation is 1. The van der Waals surface area contributed by atoms with E-state index < -0.39 is 22.1 Å². The Morgan fingerprint density at radius 1 is 1.28 bits per heavy atom. The number of piperidine rings is 1. The zero-order valence-electron chi connectivity index (χ0n) is 15.8. The minimum Gasteiger partial charge on any atom is -0.384 e. The summed E-state index contributed by atoms with van der Waals surface area (Å²) in [5, 5.41) is 5.67. The largest absolute Gasteiger partial charge is 0.384 e. The molecular formula is C18H22N4O6S. The molecule has 0 spiro atoms. The van der Waals surface area contributed by atoms with Crippen LogP contribution < -0.4 is 16.2 Å². The van der Waals surface area contributed by atoms with E-state index in [1.54, 1.807) is 25.1 Å². The molecule has 0 saturated carbocycles. The molecule has 3 rings (SSSR count). The molecule has 29 heavy (non-hydrogen) atoms. The number of unbranched alkanes of at least 4 members (excludes halogenated alkanes) is 1. The summed E-state index contributed by atoms with van der Waals surface area (Å²) >= 11 is 0. The molecule has 0 unspecified atom stereocenters. The van der Waals surface area contributed by atoms with Gasteiger partial charge in [-0.1, -0.05) is 6.07 Å². The summed E-state index contributed by atoms with van der Waals surface area (Å²) in [5.74, 6) is -0.837. The highest BCUT2D eigenvalue weighted by Crippen LogP contribution is 2.23. The number of hydrogen-bond acceptors (Lipinski definition) is 7. The Labute approximate surface area is 167 Å². The summed E-state index contributed by atoms with van der Waals surface area (Å²) in [5.41, 5.74) is 0.606. The second-order valence-corrected chi connectivity index (χ2v) is 8.49. The van der Waals surface area contributed by atoms with Gasteiger partial charge in [-0.25, -0.2) is 4.98 Å². The first-order valence-corrected chi connectivity index (χ1v) is 10.8. The molecule has 156 valence electrons. The van der Waals surface area contributed by atoms with Crippen molar-refractivity contribution in [2.24, 2.45) is 0 Å². The number of nitrogens with zero attached hydrogens (tertiary/aromatic N) is 2. The van der Waals surface area contributed by atoms with Gasteiger partial charge in [-0.05, 0) is 38.3 Å². The Morgan fingerprint density at radius 3 is 2.72 bits per heavy atom. The van der Waals surface area contributed by atoms with Crippen molar-refractivity contribution in [2.45, 2.75) is 38.6 Å². The Kier molecular flexibility index (Phi) is 5.99. The third-order valence-electron chi connectivity index (χ3n) is 4.77. The fraction of sp³-hybridized carbons (Fsp3) is 0.444. The number of nitrogens with one attached hydrogen (secondary N) is 2. The number of amides is 2. The highest BCUT2D eigenvalue weighted by atomic mass is 32.2. The Hall–Kier alpha value is -2.79. The molecule has 1 fully saturated rings. The fourth-order valence-corrected chi connectivity index (χ4v) is 4.00. The van der Waals surface area contributed by atoms with Crippen molar-refractivity contribution in [2.75, 3.05) is 17.6 Å². The maximum atomic E-state index is 13.2. The van der Waals surface area contributed by atoms with E-state index in [4.69, 9.17) is 4.55 Å². The zero-order chi connectivity index (χ0) is 21.2. The number of rotatable bonds is 7. The van der Waals surface area contributed by atoms with Gasteiger partial charge < -0.3 is 5.32 Å². The van der Waals surface area contributed by atoms with Crippen LogP contribution in [0.3, 0.4) is 0 Å². The summed E-state index contributed by atoms with van der Waals surface area (Å²) in [6.45, 7) is 2.03. The van der Waals surface area contributed by atoms with Gasteiger partial charge >= 0.3 is 0 Å². The number of imide groups is 1. The number of benzene rings is 1. The first-order valence-electron chi connectivity index (χ1n) is 9.22. The molecule has 1 atom stereocenters. The van der Waals surface area contributed by atoms with E-state index in [0.29, 0.717) is 35.4 Å². The minimum absolute atomic E-state index is 0.147. The number of carbonyl (C=O) groups excluding carboxylic acids is 2. The lowest BCUT2D eigenvalue weighted by molar-refractivity contribution is -0.135. The zero-order valence-corrected chi connectivity index (χ0v) is 16.7. The van der Waals surface area contributed by atoms with Crippen LogP contribution in [0.2, 0.25) is 0 Å². The first-order chi connectivity index (χ1) is 13.7. The van der Waals surface area contributed by atoms with Gasteiger partial charge in [-0.2, -0.15) is 8.42 Å². The van der Waals surface area contributed by atoms with Crippen LogP contribution in [0.1, 0.15) is 37.5 Å². The third kappa shape index (κ3) is 4.80. The van der Waals surface area contributed by atoms with Crippen LogP contribution in [0.5, 0.6) is 0 Å². The molecule has 0 aliphatic carbocycles. The van der Waals surface area contributed by atoms with Crippen LogP contribution in [-0.2, 0) is 19.7 Å². The number of fused-ring (bicyclic) bond motifs is 1. The summed E-state index contributed by atoms with van der Waals surface area (Å²) < 4.78 is 31.6. The van der Waals surface area contributed by atoms with Gasteiger partial charge in [0.2, 0.25) is 11.8 Å². The Morgan fingerprint density at radius 2 is 2.03 bits per heavy atom. The monoisotopic (exact) mass is 422 g/mol. The molecule has 2 heterocycles. The van der Waals surface area contributed by atoms with Crippen LogP contribution in [0.25, 0.3) is 10.9 Å². The lowest BCUT2D eigenvalue weighted by Gasteiger charge is -2.24. The van der Waals surface area contributed by atoms with Gasteiger partial charge in [0, 0.05) is 18.7 Å². The SMILES string of the molecule is Cc1nc2cccc(NCCCCS(=O)(=O)O)c2c(=O)n1[C@H]1CCC(=O)NC1=O. The number of aromatic nitrogens is 2. The van der Waals surface area contributed by atoms with Crippen molar-refractivity contribution < 1.29 is 22.6 Å². The molecule has 1 aromatic carbocycles. The van der Waals surface area contributed by atoms with Crippen molar-refractivity contribution in [1.29, 1.82) is 0 Å². The van der Waals surface area contributed by atoms with Crippen LogP contribution in [0, 0.1) is 6.92 Å². The van der Waals surface area contributed by atoms with E-state index in [1.165, 1.54) is 4.57 Å². The molecule has 1 aliphatic heterocycles. The average molecular weight is 422 g/mol.